The molecule has 1 aliphatic heterocycles. The van der Waals surface area contributed by atoms with Crippen LogP contribution in [-0.2, 0) is 0 Å². The molecule has 0 saturated carbocycles. The van der Waals surface area contributed by atoms with Crippen LogP contribution < -0.4 is 0 Å². The summed E-state index contributed by atoms with van der Waals surface area (Å²) < 4.78 is 37.1. The number of halogens is 3. The highest BCUT2D eigenvalue weighted by Gasteiger charge is 2.38. The van der Waals surface area contributed by atoms with E-state index in [1.807, 2.05) is 6.92 Å². The molecule has 0 aromatic rings. The largest absolute Gasteiger partial charge is 0.431 e. The summed E-state index contributed by atoms with van der Waals surface area (Å²) in [5.74, 6) is 0. The Morgan fingerprint density at radius 1 is 1.46 bits per heavy atom. The summed E-state index contributed by atoms with van der Waals surface area (Å²) in [6.45, 7) is 1.87. The zero-order chi connectivity index (χ0) is 10.1. The summed E-state index contributed by atoms with van der Waals surface area (Å²) in [4.78, 5) is 1.26. The van der Waals surface area contributed by atoms with Crippen LogP contribution in [0.1, 0.15) is 13.3 Å². The summed E-state index contributed by atoms with van der Waals surface area (Å²) in [5, 5.41) is 0. The molecule has 0 fully saturated rings. The van der Waals surface area contributed by atoms with Crippen LogP contribution in [0, 0.1) is 0 Å². The third-order valence-corrected chi connectivity index (χ3v) is 2.17. The fourth-order valence-corrected chi connectivity index (χ4v) is 1.40. The van der Waals surface area contributed by atoms with Crippen LogP contribution in [0.15, 0.2) is 23.9 Å². The fraction of sp³-hybridized carbons (Fsp3) is 0.556. The maximum Gasteiger partial charge on any atom is 0.431 e. The van der Waals surface area contributed by atoms with Gasteiger partial charge in [0.05, 0.1) is 0 Å². The Hall–Kier alpha value is -0.930. The standard InChI is InChI=1S/C9H12F3N/c1-3-7-5-4-6-8(13(7)2)9(10,11)12/h4-7H,3H2,1-2H3. The Bertz CT molecular complexity index is 240. The number of alkyl halides is 3. The van der Waals surface area contributed by atoms with Crippen LogP contribution in [-0.4, -0.2) is 24.2 Å². The summed E-state index contributed by atoms with van der Waals surface area (Å²) >= 11 is 0. The Kier molecular flexibility index (Phi) is 2.68. The van der Waals surface area contributed by atoms with Gasteiger partial charge in [-0.1, -0.05) is 19.1 Å². The lowest BCUT2D eigenvalue weighted by atomic mass is 10.1. The molecule has 4 heteroatoms. The van der Waals surface area contributed by atoms with E-state index in [0.717, 1.165) is 6.08 Å². The Balaban J connectivity index is 2.87. The van der Waals surface area contributed by atoms with Crippen LogP contribution in [0.2, 0.25) is 0 Å². The monoisotopic (exact) mass is 191 g/mol. The quantitative estimate of drug-likeness (QED) is 0.616. The summed E-state index contributed by atoms with van der Waals surface area (Å²) in [6.07, 6.45) is 0.783. The molecule has 74 valence electrons. The van der Waals surface area contributed by atoms with Gasteiger partial charge in [-0.2, -0.15) is 13.2 Å². The van der Waals surface area contributed by atoms with Crippen molar-refractivity contribution in [3.8, 4) is 0 Å². The highest BCUT2D eigenvalue weighted by atomic mass is 19.4. The second-order valence-corrected chi connectivity index (χ2v) is 3.02. The van der Waals surface area contributed by atoms with E-state index >= 15 is 0 Å². The molecule has 0 amide bonds. The van der Waals surface area contributed by atoms with Gasteiger partial charge < -0.3 is 4.90 Å². The lowest BCUT2D eigenvalue weighted by molar-refractivity contribution is -0.111. The second-order valence-electron chi connectivity index (χ2n) is 3.02. The van der Waals surface area contributed by atoms with E-state index in [1.54, 1.807) is 6.08 Å². The van der Waals surface area contributed by atoms with Crippen molar-refractivity contribution in [2.75, 3.05) is 7.05 Å². The minimum absolute atomic E-state index is 0.137. The molecule has 1 unspecified atom stereocenters. The SMILES string of the molecule is CCC1C=CC=C(C(F)(F)F)N1C. The van der Waals surface area contributed by atoms with E-state index in [-0.39, 0.29) is 6.04 Å². The van der Waals surface area contributed by atoms with E-state index in [9.17, 15) is 13.2 Å². The minimum Gasteiger partial charge on any atom is -0.364 e. The Morgan fingerprint density at radius 3 is 2.54 bits per heavy atom. The van der Waals surface area contributed by atoms with Crippen LogP contribution in [0.4, 0.5) is 13.2 Å². The topological polar surface area (TPSA) is 3.24 Å². The van der Waals surface area contributed by atoms with Gasteiger partial charge in [0.25, 0.3) is 0 Å². The van der Waals surface area contributed by atoms with Crippen LogP contribution in [0.25, 0.3) is 0 Å². The van der Waals surface area contributed by atoms with Crippen molar-refractivity contribution in [1.82, 2.24) is 4.90 Å². The van der Waals surface area contributed by atoms with Crippen molar-refractivity contribution >= 4 is 0 Å². The first-order chi connectivity index (χ1) is 5.96. The molecular formula is C9H12F3N. The number of rotatable bonds is 1. The van der Waals surface area contributed by atoms with Gasteiger partial charge in [0.1, 0.15) is 5.70 Å². The van der Waals surface area contributed by atoms with Gasteiger partial charge in [-0.15, -0.1) is 0 Å². The lowest BCUT2D eigenvalue weighted by Gasteiger charge is -2.32. The van der Waals surface area contributed by atoms with Crippen molar-refractivity contribution in [3.05, 3.63) is 23.9 Å². The Morgan fingerprint density at radius 2 is 2.08 bits per heavy atom. The molecule has 0 aliphatic carbocycles. The average Bonchev–Trinajstić information content (AvgIpc) is 2.02. The molecular weight excluding hydrogens is 179 g/mol. The van der Waals surface area contributed by atoms with Gasteiger partial charge in [-0.3, -0.25) is 0 Å². The highest BCUT2D eigenvalue weighted by Crippen LogP contribution is 2.31. The molecule has 0 N–H and O–H groups in total. The Labute approximate surface area is 75.5 Å². The van der Waals surface area contributed by atoms with E-state index in [1.165, 1.54) is 18.0 Å². The van der Waals surface area contributed by atoms with Crippen molar-refractivity contribution < 1.29 is 13.2 Å². The van der Waals surface area contributed by atoms with Gasteiger partial charge in [0, 0.05) is 13.1 Å². The third kappa shape index (κ3) is 2.05. The van der Waals surface area contributed by atoms with Crippen LogP contribution in [0.5, 0.6) is 0 Å². The summed E-state index contributed by atoms with van der Waals surface area (Å²) in [7, 11) is 1.47. The molecule has 0 bridgehead atoms. The first kappa shape index (κ1) is 10.2. The number of hydrogen-bond acceptors (Lipinski definition) is 1. The molecule has 1 nitrogen and oxygen atoms in total. The molecule has 1 heterocycles. The number of allylic oxidation sites excluding steroid dienone is 3. The molecule has 13 heavy (non-hydrogen) atoms. The molecule has 0 saturated heterocycles. The van der Waals surface area contributed by atoms with Crippen LogP contribution >= 0.6 is 0 Å². The van der Waals surface area contributed by atoms with E-state index in [4.69, 9.17) is 0 Å². The van der Waals surface area contributed by atoms with Crippen molar-refractivity contribution in [3.63, 3.8) is 0 Å². The predicted octanol–water partition coefficient (Wildman–Crippen LogP) is 2.71. The fourth-order valence-electron chi connectivity index (χ4n) is 1.40. The van der Waals surface area contributed by atoms with Crippen molar-refractivity contribution in [1.29, 1.82) is 0 Å². The number of hydrogen-bond donors (Lipinski definition) is 0. The lowest BCUT2D eigenvalue weighted by Crippen LogP contribution is -2.36. The van der Waals surface area contributed by atoms with Gasteiger partial charge in [-0.25, -0.2) is 0 Å². The van der Waals surface area contributed by atoms with Gasteiger partial charge in [0.2, 0.25) is 0 Å². The maximum absolute atomic E-state index is 12.4. The predicted molar refractivity (Wildman–Crippen MR) is 45.1 cm³/mol. The average molecular weight is 191 g/mol. The molecule has 0 radical (unpaired) electrons. The first-order valence-electron chi connectivity index (χ1n) is 4.15. The number of likely N-dealkylation sites (N-methyl/N-ethyl adjacent to an activating group) is 1. The van der Waals surface area contributed by atoms with E-state index < -0.39 is 11.9 Å². The highest BCUT2D eigenvalue weighted by molar-refractivity contribution is 5.23. The molecule has 0 aromatic heterocycles. The molecule has 1 atom stereocenters. The molecule has 1 aliphatic rings. The van der Waals surface area contributed by atoms with Gasteiger partial charge >= 0.3 is 6.18 Å². The zero-order valence-corrected chi connectivity index (χ0v) is 7.60. The molecule has 0 spiro atoms. The van der Waals surface area contributed by atoms with Crippen LogP contribution in [0.3, 0.4) is 0 Å². The minimum atomic E-state index is -4.24. The van der Waals surface area contributed by atoms with Gasteiger partial charge in [0.15, 0.2) is 0 Å². The summed E-state index contributed by atoms with van der Waals surface area (Å²) in [6, 6.07) is -0.137. The molecule has 1 rings (SSSR count). The van der Waals surface area contributed by atoms with Crippen molar-refractivity contribution in [2.45, 2.75) is 25.6 Å². The second kappa shape index (κ2) is 3.44. The smallest absolute Gasteiger partial charge is 0.364 e. The number of nitrogens with zero attached hydrogens (tertiary/aromatic N) is 1. The maximum atomic E-state index is 12.4. The normalized spacial score (nSPS) is 23.3. The zero-order valence-electron chi connectivity index (χ0n) is 7.60. The van der Waals surface area contributed by atoms with Gasteiger partial charge in [-0.05, 0) is 12.5 Å². The molecule has 0 aromatic carbocycles. The van der Waals surface area contributed by atoms with E-state index in [0.29, 0.717) is 6.42 Å². The first-order valence-corrected chi connectivity index (χ1v) is 4.15. The van der Waals surface area contributed by atoms with E-state index in [2.05, 4.69) is 0 Å². The third-order valence-electron chi connectivity index (χ3n) is 2.17. The van der Waals surface area contributed by atoms with Crippen molar-refractivity contribution in [2.24, 2.45) is 0 Å². The summed E-state index contributed by atoms with van der Waals surface area (Å²) in [5.41, 5.74) is -0.568.